The van der Waals surface area contributed by atoms with Crippen LogP contribution in [0.5, 0.6) is 0 Å². The van der Waals surface area contributed by atoms with Gasteiger partial charge in [0.05, 0.1) is 23.4 Å². The SMILES string of the molecule is CCC(=O)N1c2ccc(CN=[N+]=[N-])cc2C(=O)[C@H]2[C@@H](CCN3C(=O)c4ccccc4C3=O)C[C@H](NCCCN3CCCC3=O)C[C@H]21. The van der Waals surface area contributed by atoms with Crippen LogP contribution in [0, 0.1) is 11.8 Å². The smallest absolute Gasteiger partial charge is 0.261 e. The first-order chi connectivity index (χ1) is 22.3. The summed E-state index contributed by atoms with van der Waals surface area (Å²) in [5.74, 6) is -1.35. The highest BCUT2D eigenvalue weighted by Crippen LogP contribution is 2.45. The van der Waals surface area contributed by atoms with Crippen molar-refractivity contribution in [3.8, 4) is 0 Å². The van der Waals surface area contributed by atoms with Crippen LogP contribution in [-0.2, 0) is 16.1 Å². The number of azide groups is 1. The van der Waals surface area contributed by atoms with Crippen molar-refractivity contribution < 1.29 is 24.0 Å². The third kappa shape index (κ3) is 5.90. The molecule has 12 nitrogen and oxygen atoms in total. The van der Waals surface area contributed by atoms with E-state index in [1.807, 2.05) is 4.90 Å². The van der Waals surface area contributed by atoms with Gasteiger partial charge in [0.2, 0.25) is 11.8 Å². The normalized spacial score (nSPS) is 23.7. The average Bonchev–Trinajstić information content (AvgIpc) is 3.59. The average molecular weight is 626 g/mol. The molecule has 2 aromatic rings. The van der Waals surface area contributed by atoms with Gasteiger partial charge in [-0.3, -0.25) is 28.9 Å². The first-order valence-corrected chi connectivity index (χ1v) is 16.3. The monoisotopic (exact) mass is 625 g/mol. The lowest BCUT2D eigenvalue weighted by Crippen LogP contribution is -2.59. The van der Waals surface area contributed by atoms with Crippen LogP contribution in [0.15, 0.2) is 47.6 Å². The Morgan fingerprint density at radius 3 is 2.46 bits per heavy atom. The predicted octanol–water partition coefficient (Wildman–Crippen LogP) is 4.49. The molecule has 3 heterocycles. The van der Waals surface area contributed by atoms with Crippen LogP contribution < -0.4 is 10.2 Å². The van der Waals surface area contributed by atoms with Gasteiger partial charge in [0.15, 0.2) is 5.78 Å². The van der Waals surface area contributed by atoms with Crippen LogP contribution >= 0.6 is 0 Å². The van der Waals surface area contributed by atoms with E-state index in [4.69, 9.17) is 5.53 Å². The Bertz CT molecular complexity index is 1580. The number of carbonyl (C=O) groups excluding carboxylic acids is 5. The first kappa shape index (κ1) is 31.4. The molecule has 1 aliphatic carbocycles. The molecule has 4 aliphatic rings. The summed E-state index contributed by atoms with van der Waals surface area (Å²) in [5, 5.41) is 7.30. The highest BCUT2D eigenvalue weighted by Gasteiger charge is 2.50. The number of anilines is 1. The minimum atomic E-state index is -0.520. The van der Waals surface area contributed by atoms with Crippen LogP contribution in [0.3, 0.4) is 0 Å². The highest BCUT2D eigenvalue weighted by atomic mass is 16.2. The highest BCUT2D eigenvalue weighted by molar-refractivity contribution is 6.21. The number of imide groups is 1. The summed E-state index contributed by atoms with van der Waals surface area (Å²) in [5.41, 5.74) is 11.3. The van der Waals surface area contributed by atoms with Gasteiger partial charge in [0.1, 0.15) is 0 Å². The Morgan fingerprint density at radius 2 is 1.78 bits per heavy atom. The molecule has 1 N–H and O–H groups in total. The molecule has 0 unspecified atom stereocenters. The molecule has 1 saturated heterocycles. The van der Waals surface area contributed by atoms with Crippen LogP contribution in [0.1, 0.15) is 88.5 Å². The van der Waals surface area contributed by atoms with E-state index in [1.165, 1.54) is 4.90 Å². The van der Waals surface area contributed by atoms with Crippen molar-refractivity contribution >= 4 is 35.1 Å². The molecule has 4 amide bonds. The molecular weight excluding hydrogens is 586 g/mol. The molecule has 240 valence electrons. The standard InChI is InChI=1S/C34H39N7O5/c1-2-29(42)41-27-11-10-21(20-37-38-35)17-26(27)32(44)31-22(12-16-40-33(45)24-7-3-4-8-25(24)34(40)46)18-23(19-28(31)41)36-13-6-15-39-14-5-9-30(39)43/h3-4,7-8,10-11,17,22-23,28,31,36H,2,5-6,9,12-16,18-20H2,1H3/t22-,23-,28+,31-/m0/s1. The van der Waals surface area contributed by atoms with Gasteiger partial charge in [-0.05, 0) is 79.9 Å². The van der Waals surface area contributed by atoms with E-state index in [2.05, 4.69) is 15.3 Å². The molecule has 0 spiro atoms. The summed E-state index contributed by atoms with van der Waals surface area (Å²) in [6.07, 6.45) is 4.20. The molecular formula is C34H39N7O5. The maximum atomic E-state index is 14.3. The lowest BCUT2D eigenvalue weighted by Gasteiger charge is -2.49. The van der Waals surface area contributed by atoms with Crippen molar-refractivity contribution in [2.45, 2.75) is 70.5 Å². The Labute approximate surface area is 267 Å². The second kappa shape index (κ2) is 13.4. The zero-order valence-electron chi connectivity index (χ0n) is 26.1. The second-order valence-corrected chi connectivity index (χ2v) is 12.6. The Hall–Kier alpha value is -4.54. The van der Waals surface area contributed by atoms with Gasteiger partial charge in [0.25, 0.3) is 11.8 Å². The Kier molecular flexibility index (Phi) is 9.19. The maximum absolute atomic E-state index is 14.3. The number of hydrogen-bond donors (Lipinski definition) is 1. The number of fused-ring (bicyclic) bond motifs is 3. The number of nitrogens with zero attached hydrogens (tertiary/aromatic N) is 6. The van der Waals surface area contributed by atoms with Crippen molar-refractivity contribution in [2.75, 3.05) is 31.1 Å². The van der Waals surface area contributed by atoms with E-state index in [-0.39, 0.29) is 60.9 Å². The van der Waals surface area contributed by atoms with Crippen molar-refractivity contribution in [1.29, 1.82) is 0 Å². The van der Waals surface area contributed by atoms with E-state index >= 15 is 0 Å². The molecule has 0 aromatic heterocycles. The first-order valence-electron chi connectivity index (χ1n) is 16.3. The minimum Gasteiger partial charge on any atom is -0.343 e. The number of ketones is 1. The molecule has 4 atom stereocenters. The van der Waals surface area contributed by atoms with Crippen LogP contribution in [0.25, 0.3) is 10.4 Å². The molecule has 0 radical (unpaired) electrons. The van der Waals surface area contributed by atoms with Crippen molar-refractivity contribution in [1.82, 2.24) is 15.1 Å². The van der Waals surface area contributed by atoms with Gasteiger partial charge in [0, 0.05) is 61.0 Å². The zero-order valence-corrected chi connectivity index (χ0v) is 26.1. The summed E-state index contributed by atoms with van der Waals surface area (Å²) < 4.78 is 0. The van der Waals surface area contributed by atoms with Gasteiger partial charge in [-0.1, -0.05) is 30.2 Å². The van der Waals surface area contributed by atoms with E-state index in [9.17, 15) is 24.0 Å². The lowest BCUT2D eigenvalue weighted by atomic mass is 9.66. The van der Waals surface area contributed by atoms with Gasteiger partial charge >= 0.3 is 0 Å². The fraction of sp³-hybridized carbons (Fsp3) is 0.500. The number of benzene rings is 2. The summed E-state index contributed by atoms with van der Waals surface area (Å²) in [7, 11) is 0. The van der Waals surface area contributed by atoms with Crippen LogP contribution in [0.4, 0.5) is 5.69 Å². The molecule has 6 rings (SSSR count). The Balaban J connectivity index is 1.27. The fourth-order valence-electron chi connectivity index (χ4n) is 7.78. The zero-order chi connectivity index (χ0) is 32.4. The van der Waals surface area contributed by atoms with Gasteiger partial charge in [-0.15, -0.1) is 0 Å². The van der Waals surface area contributed by atoms with Gasteiger partial charge in [-0.25, -0.2) is 0 Å². The number of Topliss-reactive ketones (excluding diaryl/α,β-unsaturated/α-hetero) is 1. The lowest BCUT2D eigenvalue weighted by molar-refractivity contribution is -0.127. The van der Waals surface area contributed by atoms with Gasteiger partial charge in [-0.2, -0.15) is 0 Å². The molecule has 12 heteroatoms. The number of amides is 4. The quantitative estimate of drug-likeness (QED) is 0.128. The number of carbonyl (C=O) groups is 5. The van der Waals surface area contributed by atoms with Crippen molar-refractivity contribution in [3.63, 3.8) is 0 Å². The number of likely N-dealkylation sites (tertiary alicyclic amines) is 1. The van der Waals surface area contributed by atoms with E-state index in [0.29, 0.717) is 66.7 Å². The molecule has 1 saturated carbocycles. The van der Waals surface area contributed by atoms with Crippen LogP contribution in [0.2, 0.25) is 0 Å². The van der Waals surface area contributed by atoms with E-state index in [0.717, 1.165) is 19.4 Å². The third-order valence-corrected chi connectivity index (χ3v) is 9.95. The van der Waals surface area contributed by atoms with E-state index in [1.54, 1.807) is 54.3 Å². The van der Waals surface area contributed by atoms with Crippen LogP contribution in [-0.4, -0.2) is 77.5 Å². The fourth-order valence-corrected chi connectivity index (χ4v) is 7.78. The number of nitrogens with one attached hydrogen (secondary N) is 1. The summed E-state index contributed by atoms with van der Waals surface area (Å²) >= 11 is 0. The molecule has 46 heavy (non-hydrogen) atoms. The summed E-state index contributed by atoms with van der Waals surface area (Å²) in [6.45, 7) is 4.24. The number of rotatable bonds is 11. The predicted molar refractivity (Wildman–Crippen MR) is 170 cm³/mol. The largest absolute Gasteiger partial charge is 0.343 e. The molecule has 0 bridgehead atoms. The molecule has 3 aliphatic heterocycles. The van der Waals surface area contributed by atoms with Crippen molar-refractivity contribution in [3.05, 3.63) is 75.2 Å². The molecule has 2 aromatic carbocycles. The van der Waals surface area contributed by atoms with E-state index < -0.39 is 12.0 Å². The minimum absolute atomic E-state index is 0.00606. The topological polar surface area (TPSA) is 156 Å². The third-order valence-electron chi connectivity index (χ3n) is 9.95. The molecule has 2 fully saturated rings. The second-order valence-electron chi connectivity index (χ2n) is 12.6. The Morgan fingerprint density at radius 1 is 1.02 bits per heavy atom. The van der Waals surface area contributed by atoms with Gasteiger partial charge < -0.3 is 15.1 Å². The number of hydrogen-bond acceptors (Lipinski definition) is 7. The maximum Gasteiger partial charge on any atom is 0.261 e. The van der Waals surface area contributed by atoms with Crippen molar-refractivity contribution in [2.24, 2.45) is 17.0 Å². The summed E-state index contributed by atoms with van der Waals surface area (Å²) in [4.78, 5) is 74.1. The summed E-state index contributed by atoms with van der Waals surface area (Å²) in [6, 6.07) is 11.7.